The van der Waals surface area contributed by atoms with E-state index >= 15 is 0 Å². The lowest BCUT2D eigenvalue weighted by Gasteiger charge is -2.15. The van der Waals surface area contributed by atoms with Gasteiger partial charge in [0.2, 0.25) is 5.91 Å². The second-order valence-electron chi connectivity index (χ2n) is 7.64. The van der Waals surface area contributed by atoms with Gasteiger partial charge in [-0.3, -0.25) is 4.79 Å². The molecule has 1 aliphatic heterocycles. The number of amides is 3. The van der Waals surface area contributed by atoms with Crippen LogP contribution < -0.4 is 15.5 Å². The van der Waals surface area contributed by atoms with Crippen molar-refractivity contribution >= 4 is 23.3 Å². The van der Waals surface area contributed by atoms with Gasteiger partial charge in [-0.05, 0) is 59.9 Å². The molecule has 0 fully saturated rings. The molecule has 3 amide bonds. The van der Waals surface area contributed by atoms with Crippen LogP contribution in [-0.2, 0) is 17.8 Å². The monoisotopic (exact) mass is 399 g/mol. The van der Waals surface area contributed by atoms with Crippen molar-refractivity contribution in [2.24, 2.45) is 0 Å². The van der Waals surface area contributed by atoms with Crippen molar-refractivity contribution in [3.63, 3.8) is 0 Å². The summed E-state index contributed by atoms with van der Waals surface area (Å²) in [5.74, 6) is 0.0418. The molecule has 0 spiro atoms. The van der Waals surface area contributed by atoms with E-state index in [1.807, 2.05) is 30.3 Å². The SMILES string of the molecule is CC(=O)N1CCc2cc(NC(=O)NCc3cccc(-c4cccc(C)c4)c3)ccc21. The number of carbonyl (C=O) groups is 2. The standard InChI is InChI=1S/C25H25N3O2/c1-17-5-3-7-20(13-17)21-8-4-6-19(14-21)16-26-25(30)27-23-9-10-24-22(15-23)11-12-28(24)18(2)29/h3-10,13-15H,11-12,16H2,1-2H3,(H2,26,27,30). The van der Waals surface area contributed by atoms with Crippen molar-refractivity contribution in [1.29, 1.82) is 0 Å². The van der Waals surface area contributed by atoms with Crippen molar-refractivity contribution in [2.45, 2.75) is 26.8 Å². The van der Waals surface area contributed by atoms with E-state index in [0.717, 1.165) is 34.5 Å². The van der Waals surface area contributed by atoms with Crippen LogP contribution in [0, 0.1) is 6.92 Å². The molecule has 5 nitrogen and oxygen atoms in total. The number of rotatable bonds is 4. The van der Waals surface area contributed by atoms with Gasteiger partial charge in [-0.25, -0.2) is 4.79 Å². The van der Waals surface area contributed by atoms with Crippen LogP contribution in [0.5, 0.6) is 0 Å². The van der Waals surface area contributed by atoms with Crippen LogP contribution in [0.1, 0.15) is 23.6 Å². The predicted octanol–water partition coefficient (Wildman–Crippen LogP) is 4.89. The van der Waals surface area contributed by atoms with Crippen molar-refractivity contribution in [3.05, 3.63) is 83.4 Å². The number of anilines is 2. The number of hydrogen-bond donors (Lipinski definition) is 2. The van der Waals surface area contributed by atoms with E-state index in [-0.39, 0.29) is 11.9 Å². The summed E-state index contributed by atoms with van der Waals surface area (Å²) in [7, 11) is 0. The Morgan fingerprint density at radius 3 is 2.50 bits per heavy atom. The van der Waals surface area contributed by atoms with Crippen LogP contribution in [0.4, 0.5) is 16.2 Å². The molecule has 3 aromatic rings. The zero-order valence-electron chi connectivity index (χ0n) is 17.2. The Morgan fingerprint density at radius 2 is 1.73 bits per heavy atom. The summed E-state index contributed by atoms with van der Waals surface area (Å²) in [5.41, 5.74) is 7.29. The molecule has 1 heterocycles. The summed E-state index contributed by atoms with van der Waals surface area (Å²) in [4.78, 5) is 25.8. The van der Waals surface area contributed by atoms with E-state index in [1.165, 1.54) is 11.1 Å². The fourth-order valence-electron chi connectivity index (χ4n) is 3.85. The molecule has 5 heteroatoms. The van der Waals surface area contributed by atoms with E-state index in [9.17, 15) is 9.59 Å². The molecular formula is C25H25N3O2. The average molecular weight is 399 g/mol. The van der Waals surface area contributed by atoms with Crippen LogP contribution >= 0.6 is 0 Å². The molecule has 30 heavy (non-hydrogen) atoms. The van der Waals surface area contributed by atoms with Gasteiger partial charge in [-0.1, -0.05) is 48.0 Å². The number of fused-ring (bicyclic) bond motifs is 1. The largest absolute Gasteiger partial charge is 0.334 e. The van der Waals surface area contributed by atoms with Gasteiger partial charge >= 0.3 is 6.03 Å². The lowest BCUT2D eigenvalue weighted by molar-refractivity contribution is -0.116. The summed E-state index contributed by atoms with van der Waals surface area (Å²) in [6.45, 7) is 4.78. The fourth-order valence-corrected chi connectivity index (χ4v) is 3.85. The molecule has 2 N–H and O–H groups in total. The van der Waals surface area contributed by atoms with Crippen LogP contribution in [-0.4, -0.2) is 18.5 Å². The van der Waals surface area contributed by atoms with E-state index in [1.54, 1.807) is 11.8 Å². The van der Waals surface area contributed by atoms with Gasteiger partial charge in [0.05, 0.1) is 0 Å². The van der Waals surface area contributed by atoms with Crippen LogP contribution in [0.3, 0.4) is 0 Å². The third-order valence-corrected chi connectivity index (χ3v) is 5.34. The van der Waals surface area contributed by atoms with Crippen LogP contribution in [0.2, 0.25) is 0 Å². The number of hydrogen-bond acceptors (Lipinski definition) is 2. The highest BCUT2D eigenvalue weighted by Gasteiger charge is 2.22. The summed E-state index contributed by atoms with van der Waals surface area (Å²) in [6, 6.07) is 22.0. The molecule has 1 aliphatic rings. The van der Waals surface area contributed by atoms with Crippen molar-refractivity contribution in [2.75, 3.05) is 16.8 Å². The Labute approximate surface area is 176 Å². The molecule has 0 atom stereocenters. The Morgan fingerprint density at radius 1 is 0.967 bits per heavy atom. The van der Waals surface area contributed by atoms with E-state index < -0.39 is 0 Å². The lowest BCUT2D eigenvalue weighted by Crippen LogP contribution is -2.28. The molecule has 0 saturated heterocycles. The van der Waals surface area contributed by atoms with Gasteiger partial charge in [-0.15, -0.1) is 0 Å². The summed E-state index contributed by atoms with van der Waals surface area (Å²) >= 11 is 0. The minimum absolute atomic E-state index is 0.0418. The number of nitrogens with zero attached hydrogens (tertiary/aromatic N) is 1. The quantitative estimate of drug-likeness (QED) is 0.656. The second kappa shape index (κ2) is 8.41. The first-order valence-corrected chi connectivity index (χ1v) is 10.1. The maximum atomic E-state index is 12.4. The number of urea groups is 1. The van der Waals surface area contributed by atoms with Crippen LogP contribution in [0.25, 0.3) is 11.1 Å². The highest BCUT2D eigenvalue weighted by molar-refractivity contribution is 5.95. The van der Waals surface area contributed by atoms with Gasteiger partial charge in [0.15, 0.2) is 0 Å². The number of nitrogens with one attached hydrogen (secondary N) is 2. The maximum absolute atomic E-state index is 12.4. The first kappa shape index (κ1) is 19.7. The third-order valence-electron chi connectivity index (χ3n) is 5.34. The van der Waals surface area contributed by atoms with Gasteiger partial charge in [-0.2, -0.15) is 0 Å². The van der Waals surface area contributed by atoms with Gasteiger partial charge in [0, 0.05) is 31.4 Å². The van der Waals surface area contributed by atoms with Crippen LogP contribution in [0.15, 0.2) is 66.7 Å². The Bertz CT molecular complexity index is 1110. The molecule has 0 aromatic heterocycles. The predicted molar refractivity (Wildman–Crippen MR) is 121 cm³/mol. The maximum Gasteiger partial charge on any atom is 0.319 e. The number of aryl methyl sites for hydroxylation is 1. The first-order chi connectivity index (χ1) is 14.5. The van der Waals surface area contributed by atoms with Crippen molar-refractivity contribution in [3.8, 4) is 11.1 Å². The number of carbonyl (C=O) groups excluding carboxylic acids is 2. The zero-order chi connectivity index (χ0) is 21.1. The molecule has 0 aliphatic carbocycles. The highest BCUT2D eigenvalue weighted by Crippen LogP contribution is 2.30. The second-order valence-corrected chi connectivity index (χ2v) is 7.64. The molecule has 0 saturated carbocycles. The van der Waals surface area contributed by atoms with Gasteiger partial charge < -0.3 is 15.5 Å². The Kier molecular flexibility index (Phi) is 5.53. The average Bonchev–Trinajstić information content (AvgIpc) is 3.16. The highest BCUT2D eigenvalue weighted by atomic mass is 16.2. The normalized spacial score (nSPS) is 12.4. The number of benzene rings is 3. The smallest absolute Gasteiger partial charge is 0.319 e. The summed E-state index contributed by atoms with van der Waals surface area (Å²) in [5, 5.41) is 5.80. The Balaban J connectivity index is 1.38. The van der Waals surface area contributed by atoms with E-state index in [0.29, 0.717) is 13.1 Å². The summed E-state index contributed by atoms with van der Waals surface area (Å²) in [6.07, 6.45) is 0.803. The minimum Gasteiger partial charge on any atom is -0.334 e. The fraction of sp³-hybridized carbons (Fsp3) is 0.200. The topological polar surface area (TPSA) is 61.4 Å². The molecule has 0 unspecified atom stereocenters. The van der Waals surface area contributed by atoms with Crippen molar-refractivity contribution < 1.29 is 9.59 Å². The third kappa shape index (κ3) is 4.35. The summed E-state index contributed by atoms with van der Waals surface area (Å²) < 4.78 is 0. The molecule has 3 aromatic carbocycles. The van der Waals surface area contributed by atoms with Gasteiger partial charge in [0.25, 0.3) is 0 Å². The van der Waals surface area contributed by atoms with E-state index in [4.69, 9.17) is 0 Å². The zero-order valence-corrected chi connectivity index (χ0v) is 17.2. The first-order valence-electron chi connectivity index (χ1n) is 10.1. The molecular weight excluding hydrogens is 374 g/mol. The minimum atomic E-state index is -0.252. The molecule has 4 rings (SSSR count). The molecule has 0 bridgehead atoms. The molecule has 152 valence electrons. The lowest BCUT2D eigenvalue weighted by atomic mass is 10.0. The Hall–Kier alpha value is -3.60. The van der Waals surface area contributed by atoms with Gasteiger partial charge in [0.1, 0.15) is 0 Å². The molecule has 0 radical (unpaired) electrons. The van der Waals surface area contributed by atoms with Crippen molar-refractivity contribution in [1.82, 2.24) is 5.32 Å². The van der Waals surface area contributed by atoms with E-state index in [2.05, 4.69) is 54.0 Å².